The molecule has 0 unspecified atom stereocenters. The molecule has 30 heavy (non-hydrogen) atoms. The average Bonchev–Trinajstić information content (AvgIpc) is 2.72. The maximum absolute atomic E-state index is 13.1. The molecule has 8 nitrogen and oxygen atoms in total. The van der Waals surface area contributed by atoms with E-state index in [1.807, 2.05) is 13.8 Å². The summed E-state index contributed by atoms with van der Waals surface area (Å²) in [6.07, 6.45) is 0. The van der Waals surface area contributed by atoms with E-state index in [1.165, 1.54) is 12.1 Å². The van der Waals surface area contributed by atoms with Gasteiger partial charge in [0.05, 0.1) is 28.4 Å². The molecule has 9 heteroatoms. The SMILES string of the molecule is CC1(C)CN(C(=O)c2ccccc2NS(=O)(=O)c2ccc3c(c2)OCCO3)CCO1. The minimum atomic E-state index is -3.94. The van der Waals surface area contributed by atoms with Crippen molar-refractivity contribution in [3.05, 3.63) is 48.0 Å². The smallest absolute Gasteiger partial charge is 0.262 e. The van der Waals surface area contributed by atoms with E-state index in [1.54, 1.807) is 35.2 Å². The van der Waals surface area contributed by atoms with E-state index in [4.69, 9.17) is 14.2 Å². The molecular formula is C21H24N2O6S. The lowest BCUT2D eigenvalue weighted by molar-refractivity contribution is -0.0763. The van der Waals surface area contributed by atoms with Gasteiger partial charge in [-0.15, -0.1) is 0 Å². The van der Waals surface area contributed by atoms with Gasteiger partial charge in [-0.1, -0.05) is 12.1 Å². The van der Waals surface area contributed by atoms with Crippen LogP contribution in [0.15, 0.2) is 47.4 Å². The Labute approximate surface area is 175 Å². The van der Waals surface area contributed by atoms with Crippen LogP contribution in [0.2, 0.25) is 0 Å². The van der Waals surface area contributed by atoms with Crippen molar-refractivity contribution in [1.29, 1.82) is 0 Å². The predicted octanol–water partition coefficient (Wildman–Crippen LogP) is 2.51. The largest absolute Gasteiger partial charge is 0.486 e. The summed E-state index contributed by atoms with van der Waals surface area (Å²) < 4.78 is 45.1. The second kappa shape index (κ2) is 7.81. The summed E-state index contributed by atoms with van der Waals surface area (Å²) in [6.45, 7) is 5.93. The van der Waals surface area contributed by atoms with Gasteiger partial charge in [-0.25, -0.2) is 8.42 Å². The number of carbonyl (C=O) groups excluding carboxylic acids is 1. The molecule has 160 valence electrons. The van der Waals surface area contributed by atoms with Gasteiger partial charge in [0.2, 0.25) is 0 Å². The topological polar surface area (TPSA) is 94.2 Å². The first-order valence-corrected chi connectivity index (χ1v) is 11.2. The van der Waals surface area contributed by atoms with Crippen LogP contribution in [0, 0.1) is 0 Å². The Hall–Kier alpha value is -2.78. The third-order valence-electron chi connectivity index (χ3n) is 4.94. The van der Waals surface area contributed by atoms with Gasteiger partial charge in [0.1, 0.15) is 13.2 Å². The number of rotatable bonds is 4. The standard InChI is InChI=1S/C21H24N2O6S/c1-21(2)14-23(9-10-29-21)20(24)16-5-3-4-6-17(16)22-30(25,26)15-7-8-18-19(13-15)28-12-11-27-18/h3-8,13,22H,9-12,14H2,1-2H3. The zero-order chi connectivity index (χ0) is 21.4. The van der Waals surface area contributed by atoms with Crippen LogP contribution in [0.1, 0.15) is 24.2 Å². The number of nitrogens with one attached hydrogen (secondary N) is 1. The quantitative estimate of drug-likeness (QED) is 0.798. The lowest BCUT2D eigenvalue weighted by atomic mass is 10.1. The fraction of sp³-hybridized carbons (Fsp3) is 0.381. The number of morpholine rings is 1. The maximum atomic E-state index is 13.1. The van der Waals surface area contributed by atoms with Crippen LogP contribution in [0.5, 0.6) is 11.5 Å². The number of anilines is 1. The molecule has 0 aromatic heterocycles. The van der Waals surface area contributed by atoms with E-state index in [0.717, 1.165) is 0 Å². The van der Waals surface area contributed by atoms with E-state index in [9.17, 15) is 13.2 Å². The molecule has 2 aromatic rings. The molecule has 1 N–H and O–H groups in total. The Morgan fingerprint density at radius 1 is 1.03 bits per heavy atom. The van der Waals surface area contributed by atoms with Crippen molar-refractivity contribution in [1.82, 2.24) is 4.90 Å². The molecule has 1 fully saturated rings. The summed E-state index contributed by atoms with van der Waals surface area (Å²) in [5, 5.41) is 0. The fourth-order valence-corrected chi connectivity index (χ4v) is 4.61. The molecule has 2 aromatic carbocycles. The second-order valence-corrected chi connectivity index (χ2v) is 9.47. The highest BCUT2D eigenvalue weighted by atomic mass is 32.2. The highest BCUT2D eigenvalue weighted by molar-refractivity contribution is 7.92. The first kappa shape index (κ1) is 20.5. The Balaban J connectivity index is 1.60. The van der Waals surface area contributed by atoms with Crippen LogP contribution < -0.4 is 14.2 Å². The first-order valence-electron chi connectivity index (χ1n) is 9.70. The molecule has 0 bridgehead atoms. The summed E-state index contributed by atoms with van der Waals surface area (Å²) in [4.78, 5) is 14.8. The Morgan fingerprint density at radius 3 is 2.53 bits per heavy atom. The summed E-state index contributed by atoms with van der Waals surface area (Å²) in [6, 6.07) is 11.0. The van der Waals surface area contributed by atoms with Gasteiger partial charge < -0.3 is 19.1 Å². The van der Waals surface area contributed by atoms with Gasteiger partial charge in [0, 0.05) is 19.2 Å². The van der Waals surface area contributed by atoms with Crippen LogP contribution in [0.25, 0.3) is 0 Å². The van der Waals surface area contributed by atoms with Crippen molar-refractivity contribution in [3.8, 4) is 11.5 Å². The van der Waals surface area contributed by atoms with Gasteiger partial charge in [0.25, 0.3) is 15.9 Å². The lowest BCUT2D eigenvalue weighted by Gasteiger charge is -2.38. The number of hydrogen-bond donors (Lipinski definition) is 1. The second-order valence-electron chi connectivity index (χ2n) is 7.79. The molecule has 4 rings (SSSR count). The van der Waals surface area contributed by atoms with Crippen molar-refractivity contribution >= 4 is 21.6 Å². The molecule has 1 amide bonds. The van der Waals surface area contributed by atoms with Crippen molar-refractivity contribution in [2.24, 2.45) is 0 Å². The monoisotopic (exact) mass is 432 g/mol. The minimum absolute atomic E-state index is 0.0292. The fourth-order valence-electron chi connectivity index (χ4n) is 3.51. The van der Waals surface area contributed by atoms with Crippen molar-refractivity contribution in [2.45, 2.75) is 24.3 Å². The van der Waals surface area contributed by atoms with Crippen molar-refractivity contribution in [2.75, 3.05) is 37.6 Å². The van der Waals surface area contributed by atoms with Crippen LogP contribution in [-0.2, 0) is 14.8 Å². The number of fused-ring (bicyclic) bond motifs is 1. The van der Waals surface area contributed by atoms with E-state index in [2.05, 4.69) is 4.72 Å². The number of sulfonamides is 1. The zero-order valence-electron chi connectivity index (χ0n) is 16.9. The number of ether oxygens (including phenoxy) is 3. The highest BCUT2D eigenvalue weighted by Gasteiger charge is 2.31. The third-order valence-corrected chi connectivity index (χ3v) is 6.30. The molecule has 0 radical (unpaired) electrons. The van der Waals surface area contributed by atoms with Crippen LogP contribution in [0.3, 0.4) is 0 Å². The number of nitrogens with zero attached hydrogens (tertiary/aromatic N) is 1. The molecule has 2 aliphatic heterocycles. The summed E-state index contributed by atoms with van der Waals surface area (Å²) >= 11 is 0. The molecule has 0 aliphatic carbocycles. The Morgan fingerprint density at radius 2 is 1.77 bits per heavy atom. The highest BCUT2D eigenvalue weighted by Crippen LogP contribution is 2.33. The van der Waals surface area contributed by atoms with Gasteiger partial charge in [-0.05, 0) is 38.1 Å². The molecule has 0 atom stereocenters. The first-order chi connectivity index (χ1) is 14.3. The molecule has 0 saturated carbocycles. The van der Waals surface area contributed by atoms with Gasteiger partial charge in [-0.3, -0.25) is 9.52 Å². The number of amides is 1. The number of benzene rings is 2. The van der Waals surface area contributed by atoms with E-state index in [-0.39, 0.29) is 22.1 Å². The summed E-state index contributed by atoms with van der Waals surface area (Å²) in [7, 11) is -3.94. The molecular weight excluding hydrogens is 408 g/mol. The summed E-state index contributed by atoms with van der Waals surface area (Å²) in [5.41, 5.74) is 0.0612. The Kier molecular flexibility index (Phi) is 5.33. The Bertz CT molecular complexity index is 1070. The average molecular weight is 432 g/mol. The van der Waals surface area contributed by atoms with Crippen LogP contribution in [0.4, 0.5) is 5.69 Å². The normalized spacial score (nSPS) is 18.0. The summed E-state index contributed by atoms with van der Waals surface area (Å²) in [5.74, 6) is 0.640. The van der Waals surface area contributed by atoms with E-state index < -0.39 is 15.6 Å². The molecule has 1 saturated heterocycles. The van der Waals surface area contributed by atoms with Crippen molar-refractivity contribution < 1.29 is 27.4 Å². The minimum Gasteiger partial charge on any atom is -0.486 e. The number of hydrogen-bond acceptors (Lipinski definition) is 6. The van der Waals surface area contributed by atoms with Crippen molar-refractivity contribution in [3.63, 3.8) is 0 Å². The molecule has 2 heterocycles. The van der Waals surface area contributed by atoms with Gasteiger partial charge in [0.15, 0.2) is 11.5 Å². The lowest BCUT2D eigenvalue weighted by Crippen LogP contribution is -2.50. The van der Waals surface area contributed by atoms with E-state index >= 15 is 0 Å². The van der Waals surface area contributed by atoms with Gasteiger partial charge >= 0.3 is 0 Å². The predicted molar refractivity (Wildman–Crippen MR) is 111 cm³/mol. The molecule has 0 spiro atoms. The molecule has 2 aliphatic rings. The van der Waals surface area contributed by atoms with E-state index in [0.29, 0.717) is 44.4 Å². The van der Waals surface area contributed by atoms with Gasteiger partial charge in [-0.2, -0.15) is 0 Å². The number of para-hydroxylation sites is 1. The van der Waals surface area contributed by atoms with Crippen LogP contribution in [-0.4, -0.2) is 57.7 Å². The zero-order valence-corrected chi connectivity index (χ0v) is 17.7. The number of carbonyl (C=O) groups is 1. The van der Waals surface area contributed by atoms with Crippen LogP contribution >= 0.6 is 0 Å². The third kappa shape index (κ3) is 4.22. The maximum Gasteiger partial charge on any atom is 0.262 e.